The summed E-state index contributed by atoms with van der Waals surface area (Å²) in [5.74, 6) is -0.134. The Hall–Kier alpha value is -2.88. The van der Waals surface area contributed by atoms with Crippen LogP contribution in [0.25, 0.3) is 11.1 Å². The molecule has 0 aromatic heterocycles. The number of hydrogen-bond acceptors (Lipinski definition) is 4. The first-order chi connectivity index (χ1) is 12.2. The predicted molar refractivity (Wildman–Crippen MR) is 102 cm³/mol. The monoisotopic (exact) mass is 352 g/mol. The van der Waals surface area contributed by atoms with Gasteiger partial charge in [-0.25, -0.2) is 4.79 Å². The van der Waals surface area contributed by atoms with E-state index in [1.165, 1.54) is 0 Å². The van der Waals surface area contributed by atoms with Crippen LogP contribution in [0.2, 0.25) is 0 Å². The van der Waals surface area contributed by atoms with Gasteiger partial charge in [0, 0.05) is 5.57 Å². The third kappa shape index (κ3) is 5.31. The number of benzene rings is 2. The molecule has 0 heterocycles. The molecule has 2 aromatic carbocycles. The highest BCUT2D eigenvalue weighted by Gasteiger charge is 2.23. The first kappa shape index (κ1) is 19.4. The maximum atomic E-state index is 11.9. The molecule has 4 heteroatoms. The van der Waals surface area contributed by atoms with Crippen molar-refractivity contribution in [3.63, 3.8) is 0 Å². The number of hydrogen-bond donors (Lipinski definition) is 0. The average Bonchev–Trinajstić information content (AvgIpc) is 2.60. The number of ether oxygens (including phenoxy) is 2. The van der Waals surface area contributed by atoms with Gasteiger partial charge in [0.1, 0.15) is 12.4 Å². The van der Waals surface area contributed by atoms with Crippen molar-refractivity contribution in [2.45, 2.75) is 34.3 Å². The molecule has 0 bridgehead atoms. The first-order valence-electron chi connectivity index (χ1n) is 8.41. The summed E-state index contributed by atoms with van der Waals surface area (Å²) in [6.07, 6.45) is 0. The molecule has 0 amide bonds. The molecule has 0 saturated carbocycles. The van der Waals surface area contributed by atoms with Crippen LogP contribution in [-0.4, -0.2) is 11.9 Å². The molecule has 0 aliphatic carbocycles. The van der Waals surface area contributed by atoms with Crippen LogP contribution in [0.4, 0.5) is 0 Å². The van der Waals surface area contributed by atoms with E-state index in [1.807, 2.05) is 57.2 Å². The molecule has 26 heavy (non-hydrogen) atoms. The predicted octanol–water partition coefficient (Wildman–Crippen LogP) is 4.92. The van der Waals surface area contributed by atoms with E-state index in [0.717, 1.165) is 16.7 Å². The molecule has 0 atom stereocenters. The van der Waals surface area contributed by atoms with Gasteiger partial charge in [-0.15, -0.1) is 0 Å². The van der Waals surface area contributed by atoms with Gasteiger partial charge in [0.05, 0.1) is 5.41 Å². The zero-order chi connectivity index (χ0) is 19.3. The van der Waals surface area contributed by atoms with Crippen LogP contribution in [0.1, 0.15) is 33.3 Å². The molecule has 0 aliphatic heterocycles. The minimum absolute atomic E-state index is 0.216. The van der Waals surface area contributed by atoms with E-state index in [0.29, 0.717) is 11.3 Å². The van der Waals surface area contributed by atoms with E-state index in [-0.39, 0.29) is 12.6 Å². The summed E-state index contributed by atoms with van der Waals surface area (Å²) in [6, 6.07) is 15.1. The Morgan fingerprint density at radius 3 is 1.88 bits per heavy atom. The topological polar surface area (TPSA) is 52.6 Å². The SMILES string of the molecule is C=C(C)C(=O)OCc1ccc(-c2ccc(OC(=O)C(C)(C)C)cc2)cc1. The smallest absolute Gasteiger partial charge is 0.333 e. The first-order valence-corrected chi connectivity index (χ1v) is 8.41. The van der Waals surface area contributed by atoms with E-state index < -0.39 is 11.4 Å². The fourth-order valence-corrected chi connectivity index (χ4v) is 2.04. The van der Waals surface area contributed by atoms with Crippen LogP contribution in [0.3, 0.4) is 0 Å². The number of carbonyl (C=O) groups is 2. The Kier molecular flexibility index (Phi) is 5.98. The minimum atomic E-state index is -0.540. The lowest BCUT2D eigenvalue weighted by atomic mass is 9.97. The Morgan fingerprint density at radius 1 is 0.923 bits per heavy atom. The van der Waals surface area contributed by atoms with Gasteiger partial charge in [-0.05, 0) is 56.5 Å². The van der Waals surface area contributed by atoms with Crippen molar-refractivity contribution in [3.05, 3.63) is 66.2 Å². The summed E-state index contributed by atoms with van der Waals surface area (Å²) < 4.78 is 10.5. The number of esters is 2. The van der Waals surface area contributed by atoms with Gasteiger partial charge in [0.25, 0.3) is 0 Å². The van der Waals surface area contributed by atoms with Crippen molar-refractivity contribution in [2.75, 3.05) is 0 Å². The highest BCUT2D eigenvalue weighted by Crippen LogP contribution is 2.25. The zero-order valence-corrected chi connectivity index (χ0v) is 15.7. The lowest BCUT2D eigenvalue weighted by molar-refractivity contribution is -0.143. The Labute approximate surface area is 154 Å². The fraction of sp³-hybridized carbons (Fsp3) is 0.273. The van der Waals surface area contributed by atoms with Crippen LogP contribution < -0.4 is 4.74 Å². The van der Waals surface area contributed by atoms with E-state index in [9.17, 15) is 9.59 Å². The van der Waals surface area contributed by atoms with E-state index >= 15 is 0 Å². The second-order valence-electron chi connectivity index (χ2n) is 7.22. The highest BCUT2D eigenvalue weighted by molar-refractivity contribution is 5.86. The highest BCUT2D eigenvalue weighted by atomic mass is 16.5. The molecule has 0 radical (unpaired) electrons. The van der Waals surface area contributed by atoms with Gasteiger partial charge in [-0.2, -0.15) is 0 Å². The molecule has 0 fully saturated rings. The van der Waals surface area contributed by atoms with E-state index in [4.69, 9.17) is 9.47 Å². The van der Waals surface area contributed by atoms with Gasteiger partial charge in [0.2, 0.25) is 0 Å². The summed E-state index contributed by atoms with van der Waals surface area (Å²) in [7, 11) is 0. The minimum Gasteiger partial charge on any atom is -0.457 e. The van der Waals surface area contributed by atoms with Crippen LogP contribution in [0.15, 0.2) is 60.7 Å². The van der Waals surface area contributed by atoms with Crippen molar-refractivity contribution in [1.82, 2.24) is 0 Å². The van der Waals surface area contributed by atoms with Crippen molar-refractivity contribution in [3.8, 4) is 16.9 Å². The number of rotatable bonds is 5. The maximum absolute atomic E-state index is 11.9. The molecule has 4 nitrogen and oxygen atoms in total. The molecule has 2 rings (SSSR count). The molecular weight excluding hydrogens is 328 g/mol. The molecule has 0 unspecified atom stereocenters. The Morgan fingerprint density at radius 2 is 1.42 bits per heavy atom. The third-order valence-electron chi connectivity index (χ3n) is 3.68. The van der Waals surface area contributed by atoms with Crippen LogP contribution >= 0.6 is 0 Å². The number of carbonyl (C=O) groups excluding carboxylic acids is 2. The average molecular weight is 352 g/mol. The summed E-state index contributed by atoms with van der Waals surface area (Å²) in [5.41, 5.74) is 2.77. The van der Waals surface area contributed by atoms with E-state index in [2.05, 4.69) is 6.58 Å². The second-order valence-corrected chi connectivity index (χ2v) is 7.22. The van der Waals surface area contributed by atoms with Crippen LogP contribution in [-0.2, 0) is 20.9 Å². The fourth-order valence-electron chi connectivity index (χ4n) is 2.04. The van der Waals surface area contributed by atoms with Crippen molar-refractivity contribution >= 4 is 11.9 Å². The van der Waals surface area contributed by atoms with Gasteiger partial charge in [-0.3, -0.25) is 4.79 Å². The molecular formula is C22H24O4. The molecule has 0 saturated heterocycles. The summed E-state index contributed by atoms with van der Waals surface area (Å²) >= 11 is 0. The zero-order valence-electron chi connectivity index (χ0n) is 15.7. The largest absolute Gasteiger partial charge is 0.457 e. The summed E-state index contributed by atoms with van der Waals surface area (Å²) in [5, 5.41) is 0. The molecule has 2 aromatic rings. The normalized spacial score (nSPS) is 10.9. The van der Waals surface area contributed by atoms with Gasteiger partial charge in [-0.1, -0.05) is 43.0 Å². The quantitative estimate of drug-likeness (QED) is 0.435. The second kappa shape index (κ2) is 8.00. The maximum Gasteiger partial charge on any atom is 0.333 e. The van der Waals surface area contributed by atoms with Crippen molar-refractivity contribution in [1.29, 1.82) is 0 Å². The summed E-state index contributed by atoms with van der Waals surface area (Å²) in [4.78, 5) is 23.3. The van der Waals surface area contributed by atoms with Gasteiger partial charge in [0.15, 0.2) is 0 Å². The van der Waals surface area contributed by atoms with Crippen LogP contribution in [0, 0.1) is 5.41 Å². The molecule has 0 N–H and O–H groups in total. The third-order valence-corrected chi connectivity index (χ3v) is 3.68. The van der Waals surface area contributed by atoms with E-state index in [1.54, 1.807) is 19.1 Å². The van der Waals surface area contributed by atoms with Crippen molar-refractivity contribution < 1.29 is 19.1 Å². The Balaban J connectivity index is 2.02. The van der Waals surface area contributed by atoms with Crippen molar-refractivity contribution in [2.24, 2.45) is 5.41 Å². The van der Waals surface area contributed by atoms with Crippen LogP contribution in [0.5, 0.6) is 5.75 Å². The lowest BCUT2D eigenvalue weighted by Gasteiger charge is -2.16. The lowest BCUT2D eigenvalue weighted by Crippen LogP contribution is -2.25. The standard InChI is InChI=1S/C22H24O4/c1-15(2)20(23)25-14-16-6-8-17(9-7-16)18-10-12-19(13-11-18)26-21(24)22(3,4)5/h6-13H,1,14H2,2-5H3. The van der Waals surface area contributed by atoms with Gasteiger partial charge >= 0.3 is 11.9 Å². The summed E-state index contributed by atoms with van der Waals surface area (Å²) in [6.45, 7) is 10.8. The molecule has 0 aliphatic rings. The molecule has 0 spiro atoms. The van der Waals surface area contributed by atoms with Gasteiger partial charge < -0.3 is 9.47 Å². The Bertz CT molecular complexity index is 794. The molecule has 136 valence electrons.